The average molecular weight is 317 g/mol. The average Bonchev–Trinajstić information content (AvgIpc) is 2.84. The molecule has 1 aromatic heterocycles. The minimum Gasteiger partial charge on any atom is -0.466 e. The minimum absolute atomic E-state index is 0.0139. The quantitative estimate of drug-likeness (QED) is 0.741. The zero-order chi connectivity index (χ0) is 15.5. The van der Waals surface area contributed by atoms with Gasteiger partial charge in [0.25, 0.3) is 5.95 Å². The fourth-order valence-corrected chi connectivity index (χ4v) is 3.30. The van der Waals surface area contributed by atoms with E-state index in [4.69, 9.17) is 4.74 Å². The smallest absolute Gasteiger partial charge is 0.309 e. The third-order valence-corrected chi connectivity index (χ3v) is 4.72. The Labute approximate surface area is 123 Å². The van der Waals surface area contributed by atoms with E-state index < -0.39 is 10.2 Å². The van der Waals surface area contributed by atoms with Crippen molar-refractivity contribution in [3.8, 4) is 0 Å². The van der Waals surface area contributed by atoms with Gasteiger partial charge in [-0.1, -0.05) is 0 Å². The fourth-order valence-electron chi connectivity index (χ4n) is 2.16. The van der Waals surface area contributed by atoms with E-state index in [0.717, 1.165) is 0 Å². The lowest BCUT2D eigenvalue weighted by Gasteiger charge is -2.29. The van der Waals surface area contributed by atoms with Gasteiger partial charge in [-0.15, -0.1) is 5.10 Å². The molecule has 2 heterocycles. The van der Waals surface area contributed by atoms with E-state index in [1.165, 1.54) is 4.31 Å². The highest BCUT2D eigenvalue weighted by Gasteiger charge is 2.32. The molecule has 0 bridgehead atoms. The van der Waals surface area contributed by atoms with Crippen molar-refractivity contribution < 1.29 is 17.9 Å². The second-order valence-electron chi connectivity index (χ2n) is 4.78. The molecule has 0 unspecified atom stereocenters. The molecule has 1 aliphatic rings. The normalized spacial score (nSPS) is 17.6. The molecule has 1 aliphatic heterocycles. The number of aromatic nitrogens is 3. The van der Waals surface area contributed by atoms with Gasteiger partial charge in [-0.05, 0) is 26.7 Å². The Balaban J connectivity index is 1.93. The molecule has 0 aliphatic carbocycles. The maximum atomic E-state index is 12.2. The van der Waals surface area contributed by atoms with Crippen molar-refractivity contribution in [3.63, 3.8) is 0 Å². The molecule has 10 heteroatoms. The Bertz CT molecular complexity index is 592. The summed E-state index contributed by atoms with van der Waals surface area (Å²) >= 11 is 0. The predicted molar refractivity (Wildman–Crippen MR) is 74.6 cm³/mol. The number of aryl methyl sites for hydroxylation is 1. The summed E-state index contributed by atoms with van der Waals surface area (Å²) in [6.07, 6.45) is 0.902. The van der Waals surface area contributed by atoms with Crippen LogP contribution in [0.15, 0.2) is 0 Å². The van der Waals surface area contributed by atoms with Crippen LogP contribution in [-0.4, -0.2) is 53.6 Å². The molecule has 21 heavy (non-hydrogen) atoms. The van der Waals surface area contributed by atoms with Gasteiger partial charge in [0.15, 0.2) is 0 Å². The fraction of sp³-hybridized carbons (Fsp3) is 0.727. The molecule has 0 radical (unpaired) electrons. The first-order valence-corrected chi connectivity index (χ1v) is 8.20. The molecule has 1 aromatic rings. The molecule has 9 nitrogen and oxygen atoms in total. The van der Waals surface area contributed by atoms with Gasteiger partial charge in [0, 0.05) is 13.1 Å². The number of piperidine rings is 1. The highest BCUT2D eigenvalue weighted by molar-refractivity contribution is 7.90. The number of hydrogen-bond acceptors (Lipinski definition) is 6. The summed E-state index contributed by atoms with van der Waals surface area (Å²) in [6, 6.07) is 0. The number of esters is 1. The number of H-pyrrole nitrogens is 1. The molecule has 2 rings (SSSR count). The molecular formula is C11H19N5O4S. The molecule has 0 saturated carbocycles. The Hall–Kier alpha value is -1.68. The Kier molecular flexibility index (Phi) is 4.78. The van der Waals surface area contributed by atoms with E-state index in [0.29, 0.717) is 25.3 Å². The van der Waals surface area contributed by atoms with Gasteiger partial charge in [-0.2, -0.15) is 17.7 Å². The van der Waals surface area contributed by atoms with Crippen LogP contribution in [0.4, 0.5) is 5.95 Å². The number of nitrogens with zero attached hydrogens (tertiary/aromatic N) is 3. The molecule has 2 N–H and O–H groups in total. The van der Waals surface area contributed by atoms with E-state index in [1.807, 2.05) is 0 Å². The van der Waals surface area contributed by atoms with Gasteiger partial charge in [0.2, 0.25) is 0 Å². The maximum absolute atomic E-state index is 12.2. The van der Waals surface area contributed by atoms with E-state index in [1.54, 1.807) is 13.8 Å². The van der Waals surface area contributed by atoms with Crippen LogP contribution in [0.25, 0.3) is 0 Å². The van der Waals surface area contributed by atoms with E-state index >= 15 is 0 Å². The highest BCUT2D eigenvalue weighted by Crippen LogP contribution is 2.21. The van der Waals surface area contributed by atoms with Gasteiger partial charge >= 0.3 is 16.2 Å². The number of carbonyl (C=O) groups is 1. The van der Waals surface area contributed by atoms with Gasteiger partial charge in [-0.25, -0.2) is 4.72 Å². The first-order chi connectivity index (χ1) is 9.92. The van der Waals surface area contributed by atoms with Crippen molar-refractivity contribution in [2.24, 2.45) is 5.92 Å². The van der Waals surface area contributed by atoms with Gasteiger partial charge in [0.1, 0.15) is 5.82 Å². The van der Waals surface area contributed by atoms with Crippen molar-refractivity contribution in [2.75, 3.05) is 24.4 Å². The Morgan fingerprint density at radius 3 is 2.67 bits per heavy atom. The summed E-state index contributed by atoms with van der Waals surface area (Å²) < 4.78 is 32.9. The molecule has 0 amide bonds. The summed E-state index contributed by atoms with van der Waals surface area (Å²) in [5, 5.41) is 6.30. The highest BCUT2D eigenvalue weighted by atomic mass is 32.2. The SMILES string of the molecule is CCOC(=O)C1CCN(S(=O)(=O)Nc2n[nH]c(C)n2)CC1. The van der Waals surface area contributed by atoms with E-state index in [2.05, 4.69) is 19.9 Å². The standard InChI is InChI=1S/C11H19N5O4S/c1-3-20-10(17)9-4-6-16(7-5-9)21(18,19)15-11-12-8(2)13-14-11/h9H,3-7H2,1-2H3,(H2,12,13,14,15). The zero-order valence-electron chi connectivity index (χ0n) is 12.0. The number of aromatic amines is 1. The second-order valence-corrected chi connectivity index (χ2v) is 6.45. The topological polar surface area (TPSA) is 117 Å². The van der Waals surface area contributed by atoms with Crippen molar-refractivity contribution in [1.29, 1.82) is 0 Å². The second kappa shape index (κ2) is 6.39. The first kappa shape index (κ1) is 15.7. The van der Waals surface area contributed by atoms with Crippen LogP contribution in [0.1, 0.15) is 25.6 Å². The molecule has 0 aromatic carbocycles. The molecule has 1 saturated heterocycles. The number of rotatable bonds is 5. The van der Waals surface area contributed by atoms with Gasteiger partial charge in [-0.3, -0.25) is 9.89 Å². The van der Waals surface area contributed by atoms with Crippen molar-refractivity contribution in [2.45, 2.75) is 26.7 Å². The molecule has 0 atom stereocenters. The Morgan fingerprint density at radius 1 is 1.48 bits per heavy atom. The number of nitrogens with one attached hydrogen (secondary N) is 2. The summed E-state index contributed by atoms with van der Waals surface area (Å²) in [4.78, 5) is 15.5. The van der Waals surface area contributed by atoms with Crippen molar-refractivity contribution in [3.05, 3.63) is 5.82 Å². The molecule has 0 spiro atoms. The number of anilines is 1. The molecule has 118 valence electrons. The minimum atomic E-state index is -3.70. The van der Waals surface area contributed by atoms with Crippen LogP contribution in [0, 0.1) is 12.8 Å². The van der Waals surface area contributed by atoms with Crippen LogP contribution < -0.4 is 4.72 Å². The van der Waals surface area contributed by atoms with E-state index in [9.17, 15) is 13.2 Å². The van der Waals surface area contributed by atoms with Gasteiger partial charge in [0.05, 0.1) is 12.5 Å². The molecule has 1 fully saturated rings. The van der Waals surface area contributed by atoms with Crippen molar-refractivity contribution in [1.82, 2.24) is 19.5 Å². The lowest BCUT2D eigenvalue weighted by Crippen LogP contribution is -2.43. The number of hydrogen-bond donors (Lipinski definition) is 2. The van der Waals surface area contributed by atoms with Gasteiger partial charge < -0.3 is 4.74 Å². The largest absolute Gasteiger partial charge is 0.466 e. The summed E-state index contributed by atoms with van der Waals surface area (Å²) in [5.74, 6) is 0.0444. The third kappa shape index (κ3) is 3.91. The zero-order valence-corrected chi connectivity index (χ0v) is 12.8. The number of carbonyl (C=O) groups excluding carboxylic acids is 1. The van der Waals surface area contributed by atoms with E-state index in [-0.39, 0.29) is 30.9 Å². The first-order valence-electron chi connectivity index (χ1n) is 6.76. The summed E-state index contributed by atoms with van der Waals surface area (Å²) in [5.41, 5.74) is 0. The van der Waals surface area contributed by atoms with Crippen LogP contribution in [-0.2, 0) is 19.7 Å². The third-order valence-electron chi connectivity index (χ3n) is 3.23. The van der Waals surface area contributed by atoms with Crippen LogP contribution >= 0.6 is 0 Å². The monoisotopic (exact) mass is 317 g/mol. The number of ether oxygens (including phenoxy) is 1. The van der Waals surface area contributed by atoms with Crippen LogP contribution in [0.3, 0.4) is 0 Å². The van der Waals surface area contributed by atoms with Crippen molar-refractivity contribution >= 4 is 22.1 Å². The molecular weight excluding hydrogens is 298 g/mol. The lowest BCUT2D eigenvalue weighted by molar-refractivity contribution is -0.149. The van der Waals surface area contributed by atoms with Crippen LogP contribution in [0.2, 0.25) is 0 Å². The summed E-state index contributed by atoms with van der Waals surface area (Å²) in [7, 11) is -3.70. The summed E-state index contributed by atoms with van der Waals surface area (Å²) in [6.45, 7) is 4.30. The predicted octanol–water partition coefficient (Wildman–Crippen LogP) is 0.0449. The van der Waals surface area contributed by atoms with Crippen LogP contribution in [0.5, 0.6) is 0 Å². The lowest BCUT2D eigenvalue weighted by atomic mass is 9.98. The maximum Gasteiger partial charge on any atom is 0.309 e. The Morgan fingerprint density at radius 2 is 2.14 bits per heavy atom.